The first kappa shape index (κ1) is 11.6. The van der Waals surface area contributed by atoms with E-state index in [0.717, 1.165) is 12.3 Å². The van der Waals surface area contributed by atoms with Gasteiger partial charge < -0.3 is 5.73 Å². The highest BCUT2D eigenvalue weighted by molar-refractivity contribution is 5.30. The summed E-state index contributed by atoms with van der Waals surface area (Å²) in [6.45, 7) is 2.90. The Hall–Kier alpha value is -0.830. The summed E-state index contributed by atoms with van der Waals surface area (Å²) >= 11 is 0. The van der Waals surface area contributed by atoms with Crippen molar-refractivity contribution in [2.45, 2.75) is 51.4 Å². The third-order valence-electron chi connectivity index (χ3n) is 3.85. The first-order valence-electron chi connectivity index (χ1n) is 6.46. The first-order chi connectivity index (χ1) is 7.74. The highest BCUT2D eigenvalue weighted by atomic mass is 15.3. The number of aromatic nitrogens is 2. The van der Waals surface area contributed by atoms with E-state index < -0.39 is 0 Å². The normalized spacial score (nSPS) is 17.9. The minimum Gasteiger partial charge on any atom is -0.330 e. The predicted molar refractivity (Wildman–Crippen MR) is 66.5 cm³/mol. The molecule has 0 aliphatic heterocycles. The van der Waals surface area contributed by atoms with Crippen LogP contribution in [0.25, 0.3) is 0 Å². The largest absolute Gasteiger partial charge is 0.330 e. The second kappa shape index (κ2) is 5.00. The van der Waals surface area contributed by atoms with E-state index in [0.29, 0.717) is 6.54 Å². The lowest BCUT2D eigenvalue weighted by Gasteiger charge is -2.22. The van der Waals surface area contributed by atoms with Gasteiger partial charge in [-0.15, -0.1) is 0 Å². The minimum atomic E-state index is 0.705. The monoisotopic (exact) mass is 221 g/mol. The Labute approximate surface area is 98.0 Å². The van der Waals surface area contributed by atoms with Gasteiger partial charge in [-0.3, -0.25) is 4.68 Å². The standard InChI is InChI=1S/C13H23N3/c1-10-13(11-6-4-3-5-7-11)12(8-9-14)15-16(10)2/h11H,3-9,14H2,1-2H3. The molecule has 1 fully saturated rings. The summed E-state index contributed by atoms with van der Waals surface area (Å²) in [7, 11) is 2.04. The van der Waals surface area contributed by atoms with Crippen molar-refractivity contribution in [1.29, 1.82) is 0 Å². The van der Waals surface area contributed by atoms with Gasteiger partial charge in [0.15, 0.2) is 0 Å². The molecular formula is C13H23N3. The van der Waals surface area contributed by atoms with Gasteiger partial charge in [-0.05, 0) is 37.8 Å². The molecule has 1 heterocycles. The molecule has 0 atom stereocenters. The molecule has 1 aromatic rings. The van der Waals surface area contributed by atoms with Crippen molar-refractivity contribution in [3.8, 4) is 0 Å². The van der Waals surface area contributed by atoms with Crippen molar-refractivity contribution in [2.24, 2.45) is 12.8 Å². The summed E-state index contributed by atoms with van der Waals surface area (Å²) in [6.07, 6.45) is 7.76. The van der Waals surface area contributed by atoms with Crippen LogP contribution in [0.3, 0.4) is 0 Å². The molecular weight excluding hydrogens is 198 g/mol. The lowest BCUT2D eigenvalue weighted by atomic mass is 9.82. The topological polar surface area (TPSA) is 43.8 Å². The van der Waals surface area contributed by atoms with Gasteiger partial charge >= 0.3 is 0 Å². The van der Waals surface area contributed by atoms with Crippen LogP contribution in [0.15, 0.2) is 0 Å². The molecule has 0 bridgehead atoms. The first-order valence-corrected chi connectivity index (χ1v) is 6.46. The molecule has 0 spiro atoms. The van der Waals surface area contributed by atoms with Crippen LogP contribution in [0.4, 0.5) is 0 Å². The van der Waals surface area contributed by atoms with E-state index in [4.69, 9.17) is 5.73 Å². The van der Waals surface area contributed by atoms with E-state index in [1.165, 1.54) is 49.1 Å². The summed E-state index contributed by atoms with van der Waals surface area (Å²) in [5, 5.41) is 4.61. The summed E-state index contributed by atoms with van der Waals surface area (Å²) in [6, 6.07) is 0. The van der Waals surface area contributed by atoms with Crippen LogP contribution in [0.2, 0.25) is 0 Å². The second-order valence-corrected chi connectivity index (χ2v) is 4.94. The number of nitrogens with two attached hydrogens (primary N) is 1. The molecule has 16 heavy (non-hydrogen) atoms. The summed E-state index contributed by atoms with van der Waals surface area (Å²) in [5.41, 5.74) is 9.76. The highest BCUT2D eigenvalue weighted by Crippen LogP contribution is 2.36. The molecule has 90 valence electrons. The highest BCUT2D eigenvalue weighted by Gasteiger charge is 2.23. The number of rotatable bonds is 3. The van der Waals surface area contributed by atoms with Crippen molar-refractivity contribution in [3.63, 3.8) is 0 Å². The lowest BCUT2D eigenvalue weighted by Crippen LogP contribution is -2.10. The van der Waals surface area contributed by atoms with Gasteiger partial charge in [0.1, 0.15) is 0 Å². The Morgan fingerprint density at radius 3 is 2.62 bits per heavy atom. The maximum absolute atomic E-state index is 5.67. The average molecular weight is 221 g/mol. The van der Waals surface area contributed by atoms with Gasteiger partial charge in [-0.25, -0.2) is 0 Å². The van der Waals surface area contributed by atoms with Crippen LogP contribution in [0.5, 0.6) is 0 Å². The van der Waals surface area contributed by atoms with E-state index in [2.05, 4.69) is 12.0 Å². The van der Waals surface area contributed by atoms with Crippen molar-refractivity contribution in [3.05, 3.63) is 17.0 Å². The van der Waals surface area contributed by atoms with Gasteiger partial charge in [-0.2, -0.15) is 5.10 Å². The minimum absolute atomic E-state index is 0.705. The average Bonchev–Trinajstić information content (AvgIpc) is 2.57. The van der Waals surface area contributed by atoms with E-state index in [9.17, 15) is 0 Å². The molecule has 2 rings (SSSR count). The molecule has 0 unspecified atom stereocenters. The van der Waals surface area contributed by atoms with Crippen LogP contribution in [-0.4, -0.2) is 16.3 Å². The zero-order chi connectivity index (χ0) is 11.5. The van der Waals surface area contributed by atoms with E-state index >= 15 is 0 Å². The molecule has 1 aliphatic rings. The van der Waals surface area contributed by atoms with Gasteiger partial charge in [0.05, 0.1) is 5.69 Å². The summed E-state index contributed by atoms with van der Waals surface area (Å²) in [4.78, 5) is 0. The fraction of sp³-hybridized carbons (Fsp3) is 0.769. The molecule has 0 aromatic carbocycles. The van der Waals surface area contributed by atoms with Crippen molar-refractivity contribution >= 4 is 0 Å². The Morgan fingerprint density at radius 2 is 2.00 bits per heavy atom. The fourth-order valence-electron chi connectivity index (χ4n) is 2.94. The number of hydrogen-bond acceptors (Lipinski definition) is 2. The smallest absolute Gasteiger partial charge is 0.0674 e. The third-order valence-corrected chi connectivity index (χ3v) is 3.85. The zero-order valence-electron chi connectivity index (χ0n) is 10.5. The summed E-state index contributed by atoms with van der Waals surface area (Å²) < 4.78 is 2.02. The molecule has 0 amide bonds. The predicted octanol–water partition coefficient (Wildman–Crippen LogP) is 2.28. The maximum Gasteiger partial charge on any atom is 0.0674 e. The van der Waals surface area contributed by atoms with Gasteiger partial charge in [0.2, 0.25) is 0 Å². The number of aryl methyl sites for hydroxylation is 1. The second-order valence-electron chi connectivity index (χ2n) is 4.94. The van der Waals surface area contributed by atoms with Gasteiger partial charge in [-0.1, -0.05) is 19.3 Å². The Kier molecular flexibility index (Phi) is 3.64. The van der Waals surface area contributed by atoms with Crippen LogP contribution in [0, 0.1) is 6.92 Å². The Morgan fingerprint density at radius 1 is 1.31 bits per heavy atom. The van der Waals surface area contributed by atoms with Crippen LogP contribution < -0.4 is 5.73 Å². The van der Waals surface area contributed by atoms with Crippen LogP contribution >= 0.6 is 0 Å². The number of hydrogen-bond donors (Lipinski definition) is 1. The molecule has 3 heteroatoms. The third kappa shape index (κ3) is 2.14. The summed E-state index contributed by atoms with van der Waals surface area (Å²) in [5.74, 6) is 0.740. The molecule has 1 saturated carbocycles. The molecule has 0 saturated heterocycles. The lowest BCUT2D eigenvalue weighted by molar-refractivity contribution is 0.440. The molecule has 1 aromatic heterocycles. The van der Waals surface area contributed by atoms with E-state index in [1.54, 1.807) is 0 Å². The molecule has 3 nitrogen and oxygen atoms in total. The SMILES string of the molecule is Cc1c(C2CCCCC2)c(CCN)nn1C. The fourth-order valence-corrected chi connectivity index (χ4v) is 2.94. The maximum atomic E-state index is 5.67. The van der Waals surface area contributed by atoms with E-state index in [1.807, 2.05) is 11.7 Å². The van der Waals surface area contributed by atoms with Crippen molar-refractivity contribution in [1.82, 2.24) is 9.78 Å². The van der Waals surface area contributed by atoms with Gasteiger partial charge in [0.25, 0.3) is 0 Å². The Bertz CT molecular complexity index is 348. The van der Waals surface area contributed by atoms with Crippen LogP contribution in [0.1, 0.15) is 55.0 Å². The zero-order valence-corrected chi connectivity index (χ0v) is 10.5. The molecule has 0 radical (unpaired) electrons. The van der Waals surface area contributed by atoms with Crippen molar-refractivity contribution in [2.75, 3.05) is 6.54 Å². The number of nitrogens with zero attached hydrogens (tertiary/aromatic N) is 2. The van der Waals surface area contributed by atoms with Gasteiger partial charge in [0, 0.05) is 19.2 Å². The molecule has 1 aliphatic carbocycles. The van der Waals surface area contributed by atoms with Crippen LogP contribution in [-0.2, 0) is 13.5 Å². The quantitative estimate of drug-likeness (QED) is 0.851. The Balaban J connectivity index is 2.28. The van der Waals surface area contributed by atoms with Crippen molar-refractivity contribution < 1.29 is 0 Å². The molecule has 2 N–H and O–H groups in total. The van der Waals surface area contributed by atoms with E-state index in [-0.39, 0.29) is 0 Å².